The predicted molar refractivity (Wildman–Crippen MR) is 102 cm³/mol. The molecule has 2 aliphatic carbocycles. The summed E-state index contributed by atoms with van der Waals surface area (Å²) in [4.78, 5) is 0. The van der Waals surface area contributed by atoms with E-state index in [1.165, 1.54) is 51.6 Å². The van der Waals surface area contributed by atoms with Crippen molar-refractivity contribution in [3.63, 3.8) is 0 Å². The molecule has 0 aromatic carbocycles. The maximum atomic E-state index is 5.69. The van der Waals surface area contributed by atoms with Crippen LogP contribution in [0.15, 0.2) is 0 Å². The highest BCUT2D eigenvalue weighted by Crippen LogP contribution is 2.63. The second kappa shape index (κ2) is 6.27. The lowest BCUT2D eigenvalue weighted by Crippen LogP contribution is -2.63. The molecule has 0 atom stereocenters. The SMILES string of the molecule is CCC12CNCC(C(C)C)(C1)C2.CCC12COCC(C(C)C)(C1)C2. The average Bonchev–Trinajstić information content (AvgIpc) is 2.54. The van der Waals surface area contributed by atoms with Crippen LogP contribution in [0.5, 0.6) is 0 Å². The molecule has 0 spiro atoms. The zero-order valence-corrected chi connectivity index (χ0v) is 17.1. The monoisotopic (exact) mass is 335 g/mol. The Kier molecular flexibility index (Phi) is 4.88. The number of ether oxygens (including phenoxy) is 1. The normalized spacial score (nSPS) is 46.0. The number of piperidine rings is 2. The lowest BCUT2D eigenvalue weighted by atomic mass is 9.46. The Balaban J connectivity index is 0.000000141. The van der Waals surface area contributed by atoms with Crippen LogP contribution in [0.3, 0.4) is 0 Å². The zero-order valence-electron chi connectivity index (χ0n) is 17.1. The number of hydrogen-bond acceptors (Lipinski definition) is 2. The van der Waals surface area contributed by atoms with Gasteiger partial charge in [0.1, 0.15) is 0 Å². The molecule has 2 saturated carbocycles. The average molecular weight is 336 g/mol. The molecule has 4 heterocycles. The van der Waals surface area contributed by atoms with E-state index >= 15 is 0 Å². The Hall–Kier alpha value is -0.0800. The van der Waals surface area contributed by atoms with Crippen molar-refractivity contribution >= 4 is 0 Å². The molecule has 24 heavy (non-hydrogen) atoms. The molecule has 140 valence electrons. The molecule has 0 aromatic heterocycles. The zero-order chi connectivity index (χ0) is 17.6. The van der Waals surface area contributed by atoms with E-state index in [1.54, 1.807) is 0 Å². The van der Waals surface area contributed by atoms with Gasteiger partial charge in [0, 0.05) is 13.1 Å². The molecule has 1 N–H and O–H groups in total. The van der Waals surface area contributed by atoms with Gasteiger partial charge in [0.25, 0.3) is 0 Å². The molecule has 4 aliphatic heterocycles. The van der Waals surface area contributed by atoms with Gasteiger partial charge in [0.15, 0.2) is 0 Å². The van der Waals surface area contributed by atoms with Crippen molar-refractivity contribution in [3.8, 4) is 0 Å². The largest absolute Gasteiger partial charge is 0.380 e. The van der Waals surface area contributed by atoms with Gasteiger partial charge in [-0.1, -0.05) is 41.5 Å². The summed E-state index contributed by atoms with van der Waals surface area (Å²) >= 11 is 0. The van der Waals surface area contributed by atoms with E-state index in [4.69, 9.17) is 4.74 Å². The van der Waals surface area contributed by atoms with Gasteiger partial charge in [-0.25, -0.2) is 0 Å². The molecule has 0 amide bonds. The van der Waals surface area contributed by atoms with Crippen LogP contribution in [-0.2, 0) is 4.74 Å². The Bertz CT molecular complexity index is 399. The first-order valence-electron chi connectivity index (χ1n) is 10.5. The van der Waals surface area contributed by atoms with E-state index in [0.717, 1.165) is 25.0 Å². The van der Waals surface area contributed by atoms with Gasteiger partial charge < -0.3 is 10.1 Å². The number of hydrogen-bond donors (Lipinski definition) is 1. The summed E-state index contributed by atoms with van der Waals surface area (Å²) in [5.74, 6) is 1.67. The van der Waals surface area contributed by atoms with Crippen LogP contribution in [0.1, 0.15) is 80.1 Å². The summed E-state index contributed by atoms with van der Waals surface area (Å²) in [6, 6.07) is 0. The van der Waals surface area contributed by atoms with Crippen LogP contribution in [0.2, 0.25) is 0 Å². The second-order valence-corrected chi connectivity index (χ2v) is 10.5. The van der Waals surface area contributed by atoms with Crippen LogP contribution >= 0.6 is 0 Å². The highest BCUT2D eigenvalue weighted by Gasteiger charge is 2.58. The van der Waals surface area contributed by atoms with E-state index in [2.05, 4.69) is 46.9 Å². The third-order valence-electron chi connectivity index (χ3n) is 8.63. The van der Waals surface area contributed by atoms with E-state index in [1.807, 2.05) is 0 Å². The van der Waals surface area contributed by atoms with Gasteiger partial charge in [-0.3, -0.25) is 0 Å². The summed E-state index contributed by atoms with van der Waals surface area (Å²) in [5.41, 5.74) is 2.52. The Morgan fingerprint density at radius 1 is 0.750 bits per heavy atom. The van der Waals surface area contributed by atoms with Crippen LogP contribution in [0.25, 0.3) is 0 Å². The maximum absolute atomic E-state index is 5.69. The van der Waals surface area contributed by atoms with Crippen molar-refractivity contribution in [1.29, 1.82) is 0 Å². The molecular formula is C22H41NO. The Morgan fingerprint density at radius 3 is 1.79 bits per heavy atom. The van der Waals surface area contributed by atoms with Gasteiger partial charge in [-0.15, -0.1) is 0 Å². The van der Waals surface area contributed by atoms with Gasteiger partial charge in [0.2, 0.25) is 0 Å². The molecule has 2 nitrogen and oxygen atoms in total. The molecule has 6 aliphatic rings. The van der Waals surface area contributed by atoms with Crippen LogP contribution in [0, 0.1) is 33.5 Å². The minimum atomic E-state index is 0.564. The summed E-state index contributed by atoms with van der Waals surface area (Å²) in [6.07, 6.45) is 8.50. The summed E-state index contributed by atoms with van der Waals surface area (Å²) in [6.45, 7) is 18.7. The molecule has 0 radical (unpaired) electrons. The minimum Gasteiger partial charge on any atom is -0.380 e. The lowest BCUT2D eigenvalue weighted by molar-refractivity contribution is -0.213. The van der Waals surface area contributed by atoms with E-state index < -0.39 is 0 Å². The fraction of sp³-hybridized carbons (Fsp3) is 1.00. The fourth-order valence-electron chi connectivity index (χ4n) is 6.30. The quantitative estimate of drug-likeness (QED) is 0.755. The van der Waals surface area contributed by atoms with Crippen LogP contribution in [-0.4, -0.2) is 26.3 Å². The molecule has 2 heteroatoms. The third-order valence-corrected chi connectivity index (χ3v) is 8.63. The minimum absolute atomic E-state index is 0.564. The first kappa shape index (κ1) is 18.7. The van der Waals surface area contributed by atoms with Crippen molar-refractivity contribution in [2.24, 2.45) is 33.5 Å². The number of rotatable bonds is 4. The van der Waals surface area contributed by atoms with E-state index in [9.17, 15) is 0 Å². The Morgan fingerprint density at radius 2 is 1.29 bits per heavy atom. The first-order valence-corrected chi connectivity index (χ1v) is 10.5. The predicted octanol–water partition coefficient (Wildman–Crippen LogP) is 5.27. The molecule has 6 fully saturated rings. The van der Waals surface area contributed by atoms with Crippen molar-refractivity contribution in [2.45, 2.75) is 80.1 Å². The smallest absolute Gasteiger partial charge is 0.0525 e. The van der Waals surface area contributed by atoms with Crippen molar-refractivity contribution in [2.75, 3.05) is 26.3 Å². The van der Waals surface area contributed by atoms with Crippen molar-refractivity contribution < 1.29 is 4.74 Å². The summed E-state index contributed by atoms with van der Waals surface area (Å²) in [7, 11) is 0. The van der Waals surface area contributed by atoms with Crippen LogP contribution < -0.4 is 5.32 Å². The maximum Gasteiger partial charge on any atom is 0.0525 e. The van der Waals surface area contributed by atoms with Crippen molar-refractivity contribution in [3.05, 3.63) is 0 Å². The van der Waals surface area contributed by atoms with E-state index in [0.29, 0.717) is 21.7 Å². The number of fused-ring (bicyclic) bond motifs is 4. The summed E-state index contributed by atoms with van der Waals surface area (Å²) in [5, 5.41) is 3.60. The standard InChI is InChI=1S/C11H21N.C11H20O/c2*1-4-10-5-11(6-10,9(2)3)8-12-7-10/h9,12H,4-8H2,1-3H3;9H,4-8H2,1-3H3. The third kappa shape index (κ3) is 2.86. The van der Waals surface area contributed by atoms with E-state index in [-0.39, 0.29) is 0 Å². The highest BCUT2D eigenvalue weighted by molar-refractivity contribution is 5.09. The lowest BCUT2D eigenvalue weighted by Gasteiger charge is -2.63. The fourth-order valence-corrected chi connectivity index (χ4v) is 6.30. The first-order chi connectivity index (χ1) is 11.3. The van der Waals surface area contributed by atoms with Gasteiger partial charge >= 0.3 is 0 Å². The number of nitrogens with one attached hydrogen (secondary N) is 1. The highest BCUT2D eigenvalue weighted by atomic mass is 16.5. The Labute approximate surface area is 150 Å². The molecule has 0 aromatic rings. The molecule has 6 rings (SSSR count). The van der Waals surface area contributed by atoms with Crippen LogP contribution in [0.4, 0.5) is 0 Å². The summed E-state index contributed by atoms with van der Waals surface area (Å²) < 4.78 is 5.69. The van der Waals surface area contributed by atoms with Gasteiger partial charge in [-0.05, 0) is 72.0 Å². The molecule has 4 saturated heterocycles. The molecule has 4 bridgehead atoms. The van der Waals surface area contributed by atoms with Crippen molar-refractivity contribution in [1.82, 2.24) is 5.32 Å². The van der Waals surface area contributed by atoms with Gasteiger partial charge in [-0.2, -0.15) is 0 Å². The van der Waals surface area contributed by atoms with Gasteiger partial charge in [0.05, 0.1) is 13.2 Å². The second-order valence-electron chi connectivity index (χ2n) is 10.5. The molecular weight excluding hydrogens is 294 g/mol. The topological polar surface area (TPSA) is 21.3 Å². The molecule has 0 unspecified atom stereocenters.